The van der Waals surface area contributed by atoms with Gasteiger partial charge in [0.1, 0.15) is 5.75 Å². The summed E-state index contributed by atoms with van der Waals surface area (Å²) >= 11 is 6.45. The van der Waals surface area contributed by atoms with Crippen molar-refractivity contribution in [3.05, 3.63) is 82.9 Å². The van der Waals surface area contributed by atoms with E-state index < -0.39 is 26.8 Å². The first-order valence-corrected chi connectivity index (χ1v) is 18.5. The number of rotatable bonds is 3. The highest BCUT2D eigenvalue weighted by Crippen LogP contribution is 2.56. The predicted octanol–water partition coefficient (Wildman–Crippen LogP) is 7.23. The van der Waals surface area contributed by atoms with Crippen LogP contribution in [0.2, 0.25) is 5.02 Å². The largest absolute Gasteiger partial charge is 0.490 e. The lowest BCUT2D eigenvalue weighted by molar-refractivity contribution is -0.113. The summed E-state index contributed by atoms with van der Waals surface area (Å²) in [5.41, 5.74) is 2.69. The van der Waals surface area contributed by atoms with Crippen LogP contribution in [0.4, 0.5) is 5.69 Å². The number of aryl methyl sites for hydroxylation is 1. The number of allylic oxidation sites excluding steroid dienone is 1. The zero-order chi connectivity index (χ0) is 32.9. The summed E-state index contributed by atoms with van der Waals surface area (Å²) in [5, 5.41) is -0.0383. The van der Waals surface area contributed by atoms with Crippen LogP contribution in [0.15, 0.2) is 61.2 Å². The Morgan fingerprint density at radius 3 is 2.70 bits per heavy atom. The predicted molar refractivity (Wildman–Crippen MR) is 184 cm³/mol. The van der Waals surface area contributed by atoms with Gasteiger partial charge in [-0.2, -0.15) is 0 Å². The van der Waals surface area contributed by atoms with Gasteiger partial charge in [-0.25, -0.2) is 13.1 Å². The molecule has 9 heteroatoms. The topological polar surface area (TPSA) is 84.9 Å². The molecule has 7 nitrogen and oxygen atoms in total. The van der Waals surface area contributed by atoms with Gasteiger partial charge < -0.3 is 14.4 Å². The normalized spacial score (nSPS) is 34.6. The summed E-state index contributed by atoms with van der Waals surface area (Å²) < 4.78 is 42.2. The first-order chi connectivity index (χ1) is 21.9. The number of halogens is 1. The Balaban J connectivity index is 1.49. The molecule has 1 N–H and O–H groups in total. The molecule has 2 aromatic carbocycles. The minimum Gasteiger partial charge on any atom is -0.490 e. The number of carbonyl (C=O) groups excluding carboxylic acids is 1. The molecular formula is C37H47ClN2O5S. The standard InChI is InChI=1S/C37H47ClN2O5S/c1-6-16-37(44-5)18-7-9-25(2)26(3)46(42,43)39-34(41)28-11-14-32-31(21-28)40(22-35(4)19-15-33(35)37)23-36(24-45-32)17-8-10-27-20-29(38)12-13-30(27)36/h6-7,11-14,18,20-21,25-26,33H,1,8-10,15-17,19,22-24H2,2-5H3,(H,39,41)/b18-7+/t25-,26+,33+,35?,36-,37-/m0/s1. The van der Waals surface area contributed by atoms with Gasteiger partial charge in [0, 0.05) is 36.2 Å². The van der Waals surface area contributed by atoms with E-state index in [1.165, 1.54) is 11.1 Å². The fraction of sp³-hybridized carbons (Fsp3) is 0.541. The van der Waals surface area contributed by atoms with Crippen LogP contribution in [0.25, 0.3) is 0 Å². The summed E-state index contributed by atoms with van der Waals surface area (Å²) in [5.74, 6) is 0.0547. The molecule has 0 radical (unpaired) electrons. The van der Waals surface area contributed by atoms with Crippen molar-refractivity contribution < 1.29 is 22.7 Å². The Hall–Kier alpha value is -2.81. The molecule has 2 aromatic rings. The van der Waals surface area contributed by atoms with Crippen molar-refractivity contribution in [3.8, 4) is 5.75 Å². The van der Waals surface area contributed by atoms with Crippen molar-refractivity contribution in [1.82, 2.24) is 4.72 Å². The first kappa shape index (κ1) is 33.1. The molecule has 46 heavy (non-hydrogen) atoms. The molecule has 0 saturated heterocycles. The van der Waals surface area contributed by atoms with E-state index in [9.17, 15) is 13.2 Å². The van der Waals surface area contributed by atoms with Crippen LogP contribution in [-0.4, -0.2) is 52.0 Å². The Morgan fingerprint density at radius 1 is 1.17 bits per heavy atom. The lowest BCUT2D eigenvalue weighted by Crippen LogP contribution is -2.58. The number of fused-ring (bicyclic) bond motifs is 4. The van der Waals surface area contributed by atoms with E-state index in [0.29, 0.717) is 37.3 Å². The molecule has 4 aliphatic rings. The van der Waals surface area contributed by atoms with Crippen molar-refractivity contribution in [2.45, 2.75) is 82.0 Å². The summed E-state index contributed by atoms with van der Waals surface area (Å²) in [6.45, 7) is 11.9. The van der Waals surface area contributed by atoms with E-state index in [-0.39, 0.29) is 22.7 Å². The van der Waals surface area contributed by atoms with Crippen LogP contribution in [0.3, 0.4) is 0 Å². The van der Waals surface area contributed by atoms with Crippen LogP contribution >= 0.6 is 11.6 Å². The van der Waals surface area contributed by atoms with Gasteiger partial charge in [-0.3, -0.25) is 4.79 Å². The van der Waals surface area contributed by atoms with Crippen LogP contribution in [0, 0.1) is 17.3 Å². The number of ether oxygens (including phenoxy) is 2. The van der Waals surface area contributed by atoms with Gasteiger partial charge in [0.25, 0.3) is 5.91 Å². The Bertz CT molecular complexity index is 1660. The van der Waals surface area contributed by atoms with E-state index in [1.54, 1.807) is 20.1 Å². The van der Waals surface area contributed by atoms with E-state index in [0.717, 1.165) is 49.4 Å². The van der Waals surface area contributed by atoms with Gasteiger partial charge >= 0.3 is 0 Å². The van der Waals surface area contributed by atoms with E-state index in [4.69, 9.17) is 21.1 Å². The van der Waals surface area contributed by atoms with Crippen molar-refractivity contribution >= 4 is 33.2 Å². The Morgan fingerprint density at radius 2 is 1.98 bits per heavy atom. The molecule has 0 aromatic heterocycles. The van der Waals surface area contributed by atoms with E-state index in [2.05, 4.69) is 47.4 Å². The second kappa shape index (κ2) is 12.3. The summed E-state index contributed by atoms with van der Waals surface area (Å²) in [6.07, 6.45) is 12.3. The monoisotopic (exact) mass is 666 g/mol. The number of hydrogen-bond donors (Lipinski definition) is 1. The molecule has 1 fully saturated rings. The molecule has 1 saturated carbocycles. The van der Waals surface area contributed by atoms with Gasteiger partial charge in [-0.1, -0.05) is 49.7 Å². The molecular weight excluding hydrogens is 620 g/mol. The van der Waals surface area contributed by atoms with Crippen molar-refractivity contribution in [2.24, 2.45) is 17.3 Å². The number of hydrogen-bond acceptors (Lipinski definition) is 6. The number of amides is 1. The highest BCUT2D eigenvalue weighted by molar-refractivity contribution is 7.90. The van der Waals surface area contributed by atoms with Gasteiger partial charge in [0.15, 0.2) is 0 Å². The number of methoxy groups -OCH3 is 1. The van der Waals surface area contributed by atoms with Crippen molar-refractivity contribution in [3.63, 3.8) is 0 Å². The summed E-state index contributed by atoms with van der Waals surface area (Å²) in [4.78, 5) is 15.9. The Labute approximate surface area is 279 Å². The molecule has 248 valence electrons. The van der Waals surface area contributed by atoms with Crippen LogP contribution < -0.4 is 14.4 Å². The number of nitrogens with zero attached hydrogens (tertiary/aromatic N) is 1. The maximum atomic E-state index is 13.5. The van der Waals surface area contributed by atoms with Gasteiger partial charge in [0.2, 0.25) is 10.0 Å². The number of carbonyl (C=O) groups is 1. The minimum absolute atomic E-state index is 0.110. The average Bonchev–Trinajstić information content (AvgIpc) is 3.16. The third-order valence-electron chi connectivity index (χ3n) is 11.6. The van der Waals surface area contributed by atoms with Crippen molar-refractivity contribution in [2.75, 3.05) is 31.7 Å². The lowest BCUT2D eigenvalue weighted by Gasteiger charge is -2.57. The molecule has 2 heterocycles. The second-order valence-corrected chi connectivity index (χ2v) is 16.9. The summed E-state index contributed by atoms with van der Waals surface area (Å²) in [6, 6.07) is 11.5. The molecule has 1 amide bonds. The number of nitrogens with one attached hydrogen (secondary N) is 1. The Kier molecular flexibility index (Phi) is 8.87. The zero-order valence-corrected chi connectivity index (χ0v) is 29.1. The smallest absolute Gasteiger partial charge is 0.264 e. The average molecular weight is 667 g/mol. The second-order valence-electron chi connectivity index (χ2n) is 14.5. The van der Waals surface area contributed by atoms with E-state index in [1.807, 2.05) is 31.2 Å². The highest BCUT2D eigenvalue weighted by atomic mass is 35.5. The molecule has 2 bridgehead atoms. The molecule has 1 unspecified atom stereocenters. The quantitative estimate of drug-likeness (QED) is 0.348. The van der Waals surface area contributed by atoms with Crippen LogP contribution in [0.5, 0.6) is 5.75 Å². The molecule has 2 aliphatic heterocycles. The minimum atomic E-state index is -3.94. The summed E-state index contributed by atoms with van der Waals surface area (Å²) in [7, 11) is -2.16. The van der Waals surface area contributed by atoms with Gasteiger partial charge in [-0.15, -0.1) is 6.58 Å². The van der Waals surface area contributed by atoms with E-state index >= 15 is 0 Å². The first-order valence-electron chi connectivity index (χ1n) is 16.6. The SMILES string of the molecule is C=CC[C@]1(OC)/C=C/C[C@H](C)[C@@H](C)S(=O)(=O)NC(=O)c2ccc3c(c2)N(CC2(C)CC[C@H]21)C[C@@]1(CCCc2cc(Cl)ccc21)CO3. The maximum absolute atomic E-state index is 13.5. The van der Waals surface area contributed by atoms with Crippen LogP contribution in [-0.2, 0) is 26.6 Å². The molecule has 2 aliphatic carbocycles. The molecule has 6 rings (SSSR count). The molecule has 1 spiro atoms. The maximum Gasteiger partial charge on any atom is 0.264 e. The number of anilines is 1. The van der Waals surface area contributed by atoms with Gasteiger partial charge in [-0.05, 0) is 111 Å². The molecule has 6 atom stereocenters. The fourth-order valence-electron chi connectivity index (χ4n) is 8.58. The third-order valence-corrected chi connectivity index (χ3v) is 13.7. The zero-order valence-electron chi connectivity index (χ0n) is 27.5. The van der Waals surface area contributed by atoms with Crippen molar-refractivity contribution in [1.29, 1.82) is 0 Å². The third kappa shape index (κ3) is 5.79. The fourth-order valence-corrected chi connectivity index (χ4v) is 10.1. The highest BCUT2D eigenvalue weighted by Gasteiger charge is 2.55. The van der Waals surface area contributed by atoms with Gasteiger partial charge in [0.05, 0.1) is 23.1 Å². The van der Waals surface area contributed by atoms with Crippen LogP contribution in [0.1, 0.15) is 80.8 Å². The number of benzene rings is 2. The number of sulfonamides is 1. The lowest BCUT2D eigenvalue weighted by atomic mass is 9.54.